The Hall–Kier alpha value is -4.45. The number of hydrogen-bond donors (Lipinski definition) is 0. The van der Waals surface area contributed by atoms with Crippen molar-refractivity contribution in [3.05, 3.63) is 114 Å². The van der Waals surface area contributed by atoms with E-state index in [1.54, 1.807) is 0 Å². The molecule has 1 heterocycles. The molecule has 4 aromatic carbocycles. The largest absolute Gasteiger partial charge is 0.421 e. The maximum absolute atomic E-state index is 14.2. The van der Waals surface area contributed by atoms with E-state index in [0.29, 0.717) is 5.75 Å². The molecule has 40 heavy (non-hydrogen) atoms. The molecule has 0 aromatic heterocycles. The van der Waals surface area contributed by atoms with Crippen LogP contribution in [0.25, 0.3) is 0 Å². The minimum atomic E-state index is -0.969. The van der Waals surface area contributed by atoms with Gasteiger partial charge in [-0.25, -0.2) is 4.79 Å². The lowest BCUT2D eigenvalue weighted by molar-refractivity contribution is 0.195. The van der Waals surface area contributed by atoms with Crippen molar-refractivity contribution in [2.45, 2.75) is 19.4 Å². The van der Waals surface area contributed by atoms with E-state index >= 15 is 0 Å². The van der Waals surface area contributed by atoms with Crippen LogP contribution in [0, 0.1) is 0 Å². The summed E-state index contributed by atoms with van der Waals surface area (Å²) in [7, 11) is 8.12. The van der Waals surface area contributed by atoms with Crippen molar-refractivity contribution in [2.24, 2.45) is 0 Å². The summed E-state index contributed by atoms with van der Waals surface area (Å²) < 4.78 is 6.14. The molecule has 0 saturated heterocycles. The van der Waals surface area contributed by atoms with Crippen molar-refractivity contribution in [3.63, 3.8) is 0 Å². The predicted molar refractivity (Wildman–Crippen MR) is 166 cm³/mol. The van der Waals surface area contributed by atoms with E-state index < -0.39 is 11.6 Å². The van der Waals surface area contributed by atoms with E-state index in [0.717, 1.165) is 52.5 Å². The minimum absolute atomic E-state index is 0.413. The van der Waals surface area contributed by atoms with Crippen LogP contribution >= 0.6 is 0 Å². The molecule has 0 spiro atoms. The molecule has 5 rings (SSSR count). The number of ether oxygens (including phenoxy) is 1. The van der Waals surface area contributed by atoms with Gasteiger partial charge in [0.15, 0.2) is 0 Å². The van der Waals surface area contributed by atoms with Crippen LogP contribution in [0.5, 0.6) is 5.75 Å². The summed E-state index contributed by atoms with van der Waals surface area (Å²) in [4.78, 5) is 22.4. The quantitative estimate of drug-likeness (QED) is 0.244. The van der Waals surface area contributed by atoms with Gasteiger partial charge in [-0.1, -0.05) is 48.5 Å². The lowest BCUT2D eigenvalue weighted by atomic mass is 9.74. The van der Waals surface area contributed by atoms with E-state index in [4.69, 9.17) is 4.74 Å². The third-order valence-corrected chi connectivity index (χ3v) is 7.82. The average molecular weight is 535 g/mol. The number of carbonyl (C=O) groups is 1. The van der Waals surface area contributed by atoms with Crippen molar-refractivity contribution < 1.29 is 9.53 Å². The van der Waals surface area contributed by atoms with Gasteiger partial charge >= 0.3 is 6.09 Å². The molecule has 1 aliphatic heterocycles. The molecule has 0 atom stereocenters. The first-order chi connectivity index (χ1) is 19.3. The summed E-state index contributed by atoms with van der Waals surface area (Å²) in [6, 6.07) is 33.1. The third-order valence-electron chi connectivity index (χ3n) is 7.82. The monoisotopic (exact) mass is 534 g/mol. The molecule has 1 amide bonds. The van der Waals surface area contributed by atoms with E-state index in [9.17, 15) is 4.79 Å². The smallest absolute Gasteiger partial charge is 0.409 e. The Morgan fingerprint density at radius 1 is 0.675 bits per heavy atom. The van der Waals surface area contributed by atoms with Crippen LogP contribution in [-0.2, 0) is 5.54 Å². The van der Waals surface area contributed by atoms with Crippen LogP contribution in [0.2, 0.25) is 0 Å². The summed E-state index contributed by atoms with van der Waals surface area (Å²) in [5, 5.41) is 0. The number of hydrogen-bond acceptors (Lipinski definition) is 5. The summed E-state index contributed by atoms with van der Waals surface area (Å²) in [6.45, 7) is 6.00. The molecule has 0 aliphatic carbocycles. The van der Waals surface area contributed by atoms with Gasteiger partial charge in [0.25, 0.3) is 0 Å². The number of para-hydroxylation sites is 1. The van der Waals surface area contributed by atoms with Gasteiger partial charge in [-0.05, 0) is 67.4 Å². The number of nitrogens with zero attached hydrogens (tertiary/aromatic N) is 4. The Balaban J connectivity index is 1.87. The van der Waals surface area contributed by atoms with Crippen LogP contribution in [0.1, 0.15) is 30.5 Å². The minimum Gasteiger partial charge on any atom is -0.409 e. The van der Waals surface area contributed by atoms with Crippen LogP contribution < -0.4 is 24.3 Å². The maximum Gasteiger partial charge on any atom is 0.421 e. The zero-order valence-corrected chi connectivity index (χ0v) is 24.3. The second-order valence-electron chi connectivity index (χ2n) is 10.5. The summed E-state index contributed by atoms with van der Waals surface area (Å²) in [6.07, 6.45) is -0.413. The lowest BCUT2D eigenvalue weighted by Gasteiger charge is -2.48. The molecule has 0 saturated carbocycles. The number of carbonyl (C=O) groups excluding carboxylic acids is 1. The van der Waals surface area contributed by atoms with Crippen molar-refractivity contribution in [1.82, 2.24) is 0 Å². The zero-order valence-electron chi connectivity index (χ0n) is 24.3. The summed E-state index contributed by atoms with van der Waals surface area (Å²) in [5.74, 6) is 0.579. The molecule has 6 heteroatoms. The van der Waals surface area contributed by atoms with Crippen molar-refractivity contribution in [1.29, 1.82) is 0 Å². The fraction of sp³-hybridized carbons (Fsp3) is 0.265. The SMILES string of the molecule is CCN(CC)c1ccc2c(c1)OC(=O)N(c1ccccc1)C2(c1ccc(N(C)C)cc1)c1ccc(N(C)C)cc1. The van der Waals surface area contributed by atoms with Crippen LogP contribution in [0.15, 0.2) is 97.1 Å². The Kier molecular flexibility index (Phi) is 7.44. The Labute approximate surface area is 238 Å². The number of benzene rings is 4. The van der Waals surface area contributed by atoms with Crippen LogP contribution in [0.4, 0.5) is 27.5 Å². The first-order valence-electron chi connectivity index (χ1n) is 13.8. The van der Waals surface area contributed by atoms with Gasteiger partial charge < -0.3 is 19.4 Å². The molecule has 0 radical (unpaired) electrons. The normalized spacial score (nSPS) is 13.8. The van der Waals surface area contributed by atoms with E-state index in [1.165, 1.54) is 0 Å². The molecular weight excluding hydrogens is 496 g/mol. The second kappa shape index (κ2) is 11.0. The van der Waals surface area contributed by atoms with E-state index in [2.05, 4.69) is 89.2 Å². The predicted octanol–water partition coefficient (Wildman–Crippen LogP) is 6.98. The highest BCUT2D eigenvalue weighted by Gasteiger charge is 2.51. The van der Waals surface area contributed by atoms with Gasteiger partial charge in [-0.15, -0.1) is 0 Å². The standard InChI is InChI=1S/C34H38N4O2/c1-7-37(8-2)30-22-23-31-32(24-30)40-33(39)38(29-12-10-9-11-13-29)34(31,25-14-18-27(19-15-25)35(3)4)26-16-20-28(21-17-26)36(5)6/h9-24H,7-8H2,1-6H3. The Bertz CT molecular complexity index is 1410. The molecule has 206 valence electrons. The molecule has 0 bridgehead atoms. The Morgan fingerprint density at radius 2 is 1.18 bits per heavy atom. The summed E-state index contributed by atoms with van der Waals surface area (Å²) in [5.41, 5.74) is 5.88. The van der Waals surface area contributed by atoms with Crippen molar-refractivity contribution in [2.75, 3.05) is 60.9 Å². The number of anilines is 4. The van der Waals surface area contributed by atoms with E-state index in [1.807, 2.05) is 69.5 Å². The van der Waals surface area contributed by atoms with Crippen LogP contribution in [0.3, 0.4) is 0 Å². The molecule has 4 aromatic rings. The first kappa shape index (κ1) is 27.1. The number of rotatable bonds is 8. The number of fused-ring (bicyclic) bond motifs is 1. The van der Waals surface area contributed by atoms with Gasteiger partial charge in [-0.2, -0.15) is 0 Å². The van der Waals surface area contributed by atoms with Gasteiger partial charge in [0.1, 0.15) is 11.3 Å². The van der Waals surface area contributed by atoms with Gasteiger partial charge in [0.05, 0.1) is 0 Å². The third kappa shape index (κ3) is 4.53. The molecule has 0 fully saturated rings. The van der Waals surface area contributed by atoms with Gasteiger partial charge in [0.2, 0.25) is 0 Å². The molecule has 0 N–H and O–H groups in total. The first-order valence-corrected chi connectivity index (χ1v) is 13.8. The topological polar surface area (TPSA) is 39.3 Å². The molecule has 6 nitrogen and oxygen atoms in total. The maximum atomic E-state index is 14.2. The van der Waals surface area contributed by atoms with Crippen molar-refractivity contribution >= 4 is 28.8 Å². The highest BCUT2D eigenvalue weighted by atomic mass is 16.6. The average Bonchev–Trinajstić information content (AvgIpc) is 2.97. The second-order valence-corrected chi connectivity index (χ2v) is 10.5. The molecule has 0 unspecified atom stereocenters. The Morgan fingerprint density at radius 3 is 1.65 bits per heavy atom. The number of amides is 1. The molecule has 1 aliphatic rings. The van der Waals surface area contributed by atoms with Gasteiger partial charge in [-0.3, -0.25) is 4.90 Å². The zero-order chi connectivity index (χ0) is 28.4. The van der Waals surface area contributed by atoms with Gasteiger partial charge in [0, 0.05) is 75.7 Å². The highest BCUT2D eigenvalue weighted by molar-refractivity contribution is 5.96. The molecular formula is C34H38N4O2. The fourth-order valence-electron chi connectivity index (χ4n) is 5.69. The van der Waals surface area contributed by atoms with E-state index in [-0.39, 0.29) is 0 Å². The van der Waals surface area contributed by atoms with Crippen LogP contribution in [-0.4, -0.2) is 47.4 Å². The summed E-state index contributed by atoms with van der Waals surface area (Å²) >= 11 is 0. The van der Waals surface area contributed by atoms with Crippen molar-refractivity contribution in [3.8, 4) is 5.75 Å². The fourth-order valence-corrected chi connectivity index (χ4v) is 5.69. The highest BCUT2D eigenvalue weighted by Crippen LogP contribution is 2.52. The lowest BCUT2D eigenvalue weighted by Crippen LogP contribution is -2.55.